The third-order valence-corrected chi connectivity index (χ3v) is 3.97. The fourth-order valence-electron chi connectivity index (χ4n) is 2.49. The van der Waals surface area contributed by atoms with Gasteiger partial charge in [0.15, 0.2) is 0 Å². The molecule has 2 aromatic carbocycles. The quantitative estimate of drug-likeness (QED) is 0.519. The molecule has 9 heteroatoms. The number of hydrogen-bond acceptors (Lipinski definition) is 5. The van der Waals surface area contributed by atoms with E-state index in [1.54, 1.807) is 19.2 Å². The van der Waals surface area contributed by atoms with Crippen LogP contribution in [0.1, 0.15) is 16.1 Å². The smallest absolute Gasteiger partial charge is 0.275 e. The number of nitro groups is 1. The van der Waals surface area contributed by atoms with Crippen molar-refractivity contribution in [3.05, 3.63) is 75.1 Å². The maximum Gasteiger partial charge on any atom is 0.275 e. The molecular weight excluding hydrogens is 372 g/mol. The van der Waals surface area contributed by atoms with E-state index in [0.29, 0.717) is 5.75 Å². The van der Waals surface area contributed by atoms with Crippen LogP contribution in [0.15, 0.2) is 48.7 Å². The van der Waals surface area contributed by atoms with Crippen LogP contribution in [-0.2, 0) is 7.05 Å². The molecular formula is C18H15ClN4O4. The summed E-state index contributed by atoms with van der Waals surface area (Å²) in [7, 11) is 1.57. The van der Waals surface area contributed by atoms with Gasteiger partial charge in [0.2, 0.25) is 0 Å². The van der Waals surface area contributed by atoms with Crippen LogP contribution in [0.5, 0.6) is 11.5 Å². The van der Waals surface area contributed by atoms with Gasteiger partial charge in [-0.25, -0.2) is 0 Å². The van der Waals surface area contributed by atoms with Crippen LogP contribution < -0.4 is 10.1 Å². The summed E-state index contributed by atoms with van der Waals surface area (Å²) in [6.07, 6.45) is 1.34. The van der Waals surface area contributed by atoms with E-state index < -0.39 is 10.8 Å². The molecule has 3 rings (SSSR count). The van der Waals surface area contributed by atoms with Gasteiger partial charge in [-0.05, 0) is 24.6 Å². The molecule has 0 spiro atoms. The number of carbonyl (C=O) groups is 1. The Morgan fingerprint density at radius 1 is 1.26 bits per heavy atom. The highest BCUT2D eigenvalue weighted by molar-refractivity contribution is 6.34. The lowest BCUT2D eigenvalue weighted by Crippen LogP contribution is -2.16. The lowest BCUT2D eigenvalue weighted by molar-refractivity contribution is -0.384. The third-order valence-electron chi connectivity index (χ3n) is 3.69. The Morgan fingerprint density at radius 2 is 2.04 bits per heavy atom. The lowest BCUT2D eigenvalue weighted by atomic mass is 10.2. The van der Waals surface area contributed by atoms with Crippen molar-refractivity contribution in [2.45, 2.75) is 6.92 Å². The third kappa shape index (κ3) is 4.24. The number of aryl methyl sites for hydroxylation is 2. The second kappa shape index (κ2) is 7.46. The Labute approximate surface area is 159 Å². The van der Waals surface area contributed by atoms with Crippen molar-refractivity contribution in [3.8, 4) is 11.5 Å². The van der Waals surface area contributed by atoms with Gasteiger partial charge in [0, 0.05) is 19.2 Å². The number of anilines is 1. The molecule has 1 heterocycles. The van der Waals surface area contributed by atoms with Crippen molar-refractivity contribution in [3.63, 3.8) is 0 Å². The van der Waals surface area contributed by atoms with E-state index in [4.69, 9.17) is 16.3 Å². The summed E-state index contributed by atoms with van der Waals surface area (Å²) in [4.78, 5) is 23.1. The molecule has 0 unspecified atom stereocenters. The maximum atomic E-state index is 12.4. The molecule has 8 nitrogen and oxygen atoms in total. The van der Waals surface area contributed by atoms with E-state index in [9.17, 15) is 14.9 Å². The zero-order valence-corrected chi connectivity index (χ0v) is 15.2. The minimum atomic E-state index is -0.560. The average Bonchev–Trinajstić information content (AvgIpc) is 2.93. The molecule has 138 valence electrons. The summed E-state index contributed by atoms with van der Waals surface area (Å²) in [5.41, 5.74) is 1.11. The number of amides is 1. The van der Waals surface area contributed by atoms with Crippen LogP contribution in [0.25, 0.3) is 0 Å². The van der Waals surface area contributed by atoms with Crippen molar-refractivity contribution < 1.29 is 14.5 Å². The molecule has 3 aromatic rings. The predicted molar refractivity (Wildman–Crippen MR) is 101 cm³/mol. The van der Waals surface area contributed by atoms with Crippen LogP contribution in [0.2, 0.25) is 5.02 Å². The first-order valence-corrected chi connectivity index (χ1v) is 8.24. The van der Waals surface area contributed by atoms with Gasteiger partial charge in [0.05, 0.1) is 27.9 Å². The highest BCUT2D eigenvalue weighted by Crippen LogP contribution is 2.30. The first-order chi connectivity index (χ1) is 12.8. The second-order valence-electron chi connectivity index (χ2n) is 5.81. The molecule has 0 aliphatic rings. The minimum absolute atomic E-state index is 0.143. The standard InChI is InChI=1S/C18H15ClN4O4/c1-11-4-3-5-14(6-11)27-15-8-12(7-13(9-15)23(25)26)21-18(24)17-16(19)10-20-22(17)2/h3-10H,1-2H3,(H,21,24). The molecule has 0 fully saturated rings. The maximum absolute atomic E-state index is 12.4. The van der Waals surface area contributed by atoms with Crippen LogP contribution in [0.4, 0.5) is 11.4 Å². The number of ether oxygens (including phenoxy) is 1. The van der Waals surface area contributed by atoms with E-state index in [2.05, 4.69) is 10.4 Å². The number of nitro benzene ring substituents is 1. The number of carbonyl (C=O) groups excluding carboxylic acids is 1. The highest BCUT2D eigenvalue weighted by Gasteiger charge is 2.18. The summed E-state index contributed by atoms with van der Waals surface area (Å²) < 4.78 is 7.03. The Hall–Kier alpha value is -3.39. The average molecular weight is 387 g/mol. The molecule has 0 atom stereocenters. The fraction of sp³-hybridized carbons (Fsp3) is 0.111. The Kier molecular flexibility index (Phi) is 5.09. The molecule has 0 aliphatic heterocycles. The lowest BCUT2D eigenvalue weighted by Gasteiger charge is -2.10. The molecule has 0 aliphatic carbocycles. The van der Waals surface area contributed by atoms with Gasteiger partial charge in [-0.15, -0.1) is 0 Å². The summed E-state index contributed by atoms with van der Waals surface area (Å²) >= 11 is 5.96. The van der Waals surface area contributed by atoms with Gasteiger partial charge >= 0.3 is 0 Å². The molecule has 1 amide bonds. The molecule has 0 bridgehead atoms. The number of benzene rings is 2. The van der Waals surface area contributed by atoms with Crippen molar-refractivity contribution >= 4 is 28.9 Å². The van der Waals surface area contributed by atoms with Crippen LogP contribution >= 0.6 is 11.6 Å². The Morgan fingerprint density at radius 3 is 2.67 bits per heavy atom. The number of non-ortho nitro benzene ring substituents is 1. The normalized spacial score (nSPS) is 10.5. The monoisotopic (exact) mass is 386 g/mol. The first-order valence-electron chi connectivity index (χ1n) is 7.86. The predicted octanol–water partition coefficient (Wildman–Crippen LogP) is 4.33. The Bertz CT molecular complexity index is 1010. The summed E-state index contributed by atoms with van der Waals surface area (Å²) in [6, 6.07) is 11.3. The number of rotatable bonds is 5. The summed E-state index contributed by atoms with van der Waals surface area (Å²) in [5.74, 6) is 0.214. The number of nitrogens with zero attached hydrogens (tertiary/aromatic N) is 3. The van der Waals surface area contributed by atoms with E-state index in [1.165, 1.54) is 29.1 Å². The van der Waals surface area contributed by atoms with Crippen LogP contribution in [-0.4, -0.2) is 20.6 Å². The summed E-state index contributed by atoms with van der Waals surface area (Å²) in [5, 5.41) is 17.9. The van der Waals surface area contributed by atoms with Gasteiger partial charge in [-0.2, -0.15) is 5.10 Å². The van der Waals surface area contributed by atoms with Crippen LogP contribution in [0.3, 0.4) is 0 Å². The van der Waals surface area contributed by atoms with Crippen molar-refractivity contribution in [1.82, 2.24) is 9.78 Å². The van der Waals surface area contributed by atoms with Crippen molar-refractivity contribution in [1.29, 1.82) is 0 Å². The van der Waals surface area contributed by atoms with E-state index in [-0.39, 0.29) is 27.8 Å². The number of halogens is 1. The van der Waals surface area contributed by atoms with Gasteiger partial charge in [0.25, 0.3) is 11.6 Å². The van der Waals surface area contributed by atoms with Gasteiger partial charge in [0.1, 0.15) is 17.2 Å². The number of hydrogen-bond donors (Lipinski definition) is 1. The van der Waals surface area contributed by atoms with E-state index >= 15 is 0 Å². The van der Waals surface area contributed by atoms with Gasteiger partial charge in [-0.3, -0.25) is 19.6 Å². The topological polar surface area (TPSA) is 99.3 Å². The minimum Gasteiger partial charge on any atom is -0.457 e. The van der Waals surface area contributed by atoms with E-state index in [0.717, 1.165) is 5.56 Å². The molecule has 0 saturated heterocycles. The molecule has 0 radical (unpaired) electrons. The molecule has 1 N–H and O–H groups in total. The second-order valence-corrected chi connectivity index (χ2v) is 6.22. The van der Waals surface area contributed by atoms with Gasteiger partial charge in [-0.1, -0.05) is 23.7 Å². The zero-order valence-electron chi connectivity index (χ0n) is 14.5. The van der Waals surface area contributed by atoms with Gasteiger partial charge < -0.3 is 10.1 Å². The zero-order chi connectivity index (χ0) is 19.6. The van der Waals surface area contributed by atoms with Crippen molar-refractivity contribution in [2.75, 3.05) is 5.32 Å². The largest absolute Gasteiger partial charge is 0.457 e. The molecule has 1 aromatic heterocycles. The number of aromatic nitrogens is 2. The van der Waals surface area contributed by atoms with Crippen molar-refractivity contribution in [2.24, 2.45) is 7.05 Å². The molecule has 27 heavy (non-hydrogen) atoms. The SMILES string of the molecule is Cc1cccc(Oc2cc(NC(=O)c3c(Cl)cnn3C)cc([N+](=O)[O-])c2)c1. The highest BCUT2D eigenvalue weighted by atomic mass is 35.5. The van der Waals surface area contributed by atoms with E-state index in [1.807, 2.05) is 19.1 Å². The first kappa shape index (κ1) is 18.4. The molecule has 0 saturated carbocycles. The van der Waals surface area contributed by atoms with Crippen LogP contribution in [0, 0.1) is 17.0 Å². The summed E-state index contributed by atoms with van der Waals surface area (Å²) in [6.45, 7) is 1.91. The number of nitrogens with one attached hydrogen (secondary N) is 1. The Balaban J connectivity index is 1.92. The fourth-order valence-corrected chi connectivity index (χ4v) is 2.74.